The van der Waals surface area contributed by atoms with Gasteiger partial charge in [-0.3, -0.25) is 0 Å². The molecule has 0 amide bonds. The maximum Gasteiger partial charge on any atom is -0.0253 e. The average Bonchev–Trinajstić information content (AvgIpc) is 2.54. The molecule has 0 saturated carbocycles. The van der Waals surface area contributed by atoms with Gasteiger partial charge in [-0.05, 0) is 67.2 Å². The molecule has 2 aromatic rings. The normalized spacial score (nSPS) is 12.4. The van der Waals surface area contributed by atoms with Crippen molar-refractivity contribution in [3.8, 4) is 0 Å². The van der Waals surface area contributed by atoms with E-state index in [1.165, 1.54) is 47.1 Å². The molecule has 1 atom stereocenters. The van der Waals surface area contributed by atoms with Crippen LogP contribution in [0.15, 0.2) is 42.5 Å². The standard InChI is InChI=1S/C22H30/c1-5-21-14-13-20(16-22(21)6-2)12-9-18(4)15-19-10-7-17(3)8-11-19/h7-8,10-11,13-14,16,18H,5-6,9,12,15H2,1-4H3. The van der Waals surface area contributed by atoms with Crippen LogP contribution in [-0.2, 0) is 25.7 Å². The molecule has 0 nitrogen and oxygen atoms in total. The van der Waals surface area contributed by atoms with Gasteiger partial charge in [-0.25, -0.2) is 0 Å². The summed E-state index contributed by atoms with van der Waals surface area (Å²) in [4.78, 5) is 0. The van der Waals surface area contributed by atoms with Crippen LogP contribution in [0.5, 0.6) is 0 Å². The second kappa shape index (κ2) is 8.17. The highest BCUT2D eigenvalue weighted by Crippen LogP contribution is 2.19. The van der Waals surface area contributed by atoms with Gasteiger partial charge < -0.3 is 0 Å². The molecule has 0 aliphatic carbocycles. The molecule has 0 fully saturated rings. The number of hydrogen-bond donors (Lipinski definition) is 0. The van der Waals surface area contributed by atoms with E-state index in [4.69, 9.17) is 0 Å². The summed E-state index contributed by atoms with van der Waals surface area (Å²) in [6, 6.07) is 16.1. The Balaban J connectivity index is 1.90. The van der Waals surface area contributed by atoms with Gasteiger partial charge in [0.05, 0.1) is 0 Å². The molecule has 118 valence electrons. The molecule has 0 bridgehead atoms. The van der Waals surface area contributed by atoms with Gasteiger partial charge in [-0.15, -0.1) is 0 Å². The molecule has 0 spiro atoms. The van der Waals surface area contributed by atoms with Crippen molar-refractivity contribution in [1.29, 1.82) is 0 Å². The molecular formula is C22H30. The van der Waals surface area contributed by atoms with Gasteiger partial charge in [0, 0.05) is 0 Å². The van der Waals surface area contributed by atoms with Gasteiger partial charge >= 0.3 is 0 Å². The molecule has 22 heavy (non-hydrogen) atoms. The Labute approximate surface area is 136 Å². The summed E-state index contributed by atoms with van der Waals surface area (Å²) in [6.07, 6.45) is 5.95. The first-order chi connectivity index (χ1) is 10.6. The molecule has 0 radical (unpaired) electrons. The van der Waals surface area contributed by atoms with Gasteiger partial charge in [0.15, 0.2) is 0 Å². The van der Waals surface area contributed by atoms with Gasteiger partial charge in [-0.1, -0.05) is 68.8 Å². The summed E-state index contributed by atoms with van der Waals surface area (Å²) >= 11 is 0. The first-order valence-corrected chi connectivity index (χ1v) is 8.78. The summed E-state index contributed by atoms with van der Waals surface area (Å²) in [5.74, 6) is 0.735. The zero-order valence-corrected chi connectivity index (χ0v) is 14.7. The minimum atomic E-state index is 0.735. The second-order valence-electron chi connectivity index (χ2n) is 6.64. The molecule has 0 heteroatoms. The fourth-order valence-corrected chi connectivity index (χ4v) is 3.15. The summed E-state index contributed by atoms with van der Waals surface area (Å²) in [7, 11) is 0. The van der Waals surface area contributed by atoms with Crippen molar-refractivity contribution in [2.45, 2.75) is 59.8 Å². The predicted octanol–water partition coefficient (Wildman–Crippen LogP) is 5.93. The molecule has 0 aliphatic heterocycles. The highest BCUT2D eigenvalue weighted by atomic mass is 14.1. The number of benzene rings is 2. The minimum Gasteiger partial charge on any atom is -0.0622 e. The van der Waals surface area contributed by atoms with Gasteiger partial charge in [0.2, 0.25) is 0 Å². The van der Waals surface area contributed by atoms with Gasteiger partial charge in [-0.2, -0.15) is 0 Å². The maximum absolute atomic E-state index is 2.43. The Kier molecular flexibility index (Phi) is 6.24. The summed E-state index contributed by atoms with van der Waals surface area (Å²) < 4.78 is 0. The van der Waals surface area contributed by atoms with Crippen LogP contribution in [0.1, 0.15) is 55.0 Å². The number of aryl methyl sites for hydroxylation is 4. The van der Waals surface area contributed by atoms with Crippen LogP contribution < -0.4 is 0 Å². The van der Waals surface area contributed by atoms with Crippen molar-refractivity contribution in [3.05, 3.63) is 70.3 Å². The molecule has 0 aromatic heterocycles. The van der Waals surface area contributed by atoms with Crippen molar-refractivity contribution < 1.29 is 0 Å². The molecular weight excluding hydrogens is 264 g/mol. The molecule has 0 aliphatic rings. The van der Waals surface area contributed by atoms with Crippen LogP contribution in [0.25, 0.3) is 0 Å². The van der Waals surface area contributed by atoms with E-state index < -0.39 is 0 Å². The minimum absolute atomic E-state index is 0.735. The lowest BCUT2D eigenvalue weighted by Crippen LogP contribution is -2.02. The second-order valence-corrected chi connectivity index (χ2v) is 6.64. The molecule has 1 unspecified atom stereocenters. The highest BCUT2D eigenvalue weighted by molar-refractivity contribution is 5.32. The van der Waals surface area contributed by atoms with E-state index in [1.54, 1.807) is 0 Å². The van der Waals surface area contributed by atoms with Crippen LogP contribution in [-0.4, -0.2) is 0 Å². The quantitative estimate of drug-likeness (QED) is 0.593. The van der Waals surface area contributed by atoms with Crippen molar-refractivity contribution in [2.75, 3.05) is 0 Å². The summed E-state index contributed by atoms with van der Waals surface area (Å²) in [6.45, 7) is 9.04. The fraction of sp³-hybridized carbons (Fsp3) is 0.455. The zero-order chi connectivity index (χ0) is 15.9. The first kappa shape index (κ1) is 16.8. The van der Waals surface area contributed by atoms with Gasteiger partial charge in [0.25, 0.3) is 0 Å². The lowest BCUT2D eigenvalue weighted by molar-refractivity contribution is 0.530. The van der Waals surface area contributed by atoms with E-state index >= 15 is 0 Å². The summed E-state index contributed by atoms with van der Waals surface area (Å²) in [5.41, 5.74) is 7.36. The van der Waals surface area contributed by atoms with Crippen LogP contribution in [0.2, 0.25) is 0 Å². The Bertz CT molecular complexity index is 577. The molecule has 0 saturated heterocycles. The van der Waals surface area contributed by atoms with Crippen LogP contribution in [0, 0.1) is 12.8 Å². The Morgan fingerprint density at radius 3 is 2.09 bits per heavy atom. The smallest absolute Gasteiger partial charge is 0.0253 e. The third kappa shape index (κ3) is 4.73. The topological polar surface area (TPSA) is 0 Å². The number of rotatable bonds is 7. The third-order valence-corrected chi connectivity index (χ3v) is 4.66. The lowest BCUT2D eigenvalue weighted by Gasteiger charge is -2.13. The Morgan fingerprint density at radius 1 is 0.818 bits per heavy atom. The first-order valence-electron chi connectivity index (χ1n) is 8.78. The molecule has 0 N–H and O–H groups in total. The van der Waals surface area contributed by atoms with Crippen LogP contribution in [0.4, 0.5) is 0 Å². The maximum atomic E-state index is 2.43. The summed E-state index contributed by atoms with van der Waals surface area (Å²) in [5, 5.41) is 0. The lowest BCUT2D eigenvalue weighted by atomic mass is 9.92. The largest absolute Gasteiger partial charge is 0.0622 e. The van der Waals surface area contributed by atoms with E-state index in [0.29, 0.717) is 0 Å². The average molecular weight is 294 g/mol. The zero-order valence-electron chi connectivity index (χ0n) is 14.7. The monoisotopic (exact) mass is 294 g/mol. The Hall–Kier alpha value is -1.56. The highest BCUT2D eigenvalue weighted by Gasteiger charge is 2.06. The van der Waals surface area contributed by atoms with Crippen molar-refractivity contribution in [3.63, 3.8) is 0 Å². The molecule has 0 heterocycles. The van der Waals surface area contributed by atoms with E-state index in [2.05, 4.69) is 70.2 Å². The molecule has 2 aromatic carbocycles. The van der Waals surface area contributed by atoms with E-state index in [9.17, 15) is 0 Å². The van der Waals surface area contributed by atoms with Crippen LogP contribution >= 0.6 is 0 Å². The van der Waals surface area contributed by atoms with Gasteiger partial charge in [0.1, 0.15) is 0 Å². The van der Waals surface area contributed by atoms with E-state index in [1.807, 2.05) is 0 Å². The predicted molar refractivity (Wildman–Crippen MR) is 97.6 cm³/mol. The number of hydrogen-bond acceptors (Lipinski definition) is 0. The molecule has 2 rings (SSSR count). The van der Waals surface area contributed by atoms with Crippen molar-refractivity contribution in [2.24, 2.45) is 5.92 Å². The Morgan fingerprint density at radius 2 is 1.45 bits per heavy atom. The van der Waals surface area contributed by atoms with E-state index in [-0.39, 0.29) is 0 Å². The SMILES string of the molecule is CCc1ccc(CCC(C)Cc2ccc(C)cc2)cc1CC. The fourth-order valence-electron chi connectivity index (χ4n) is 3.15. The van der Waals surface area contributed by atoms with Crippen LogP contribution in [0.3, 0.4) is 0 Å². The third-order valence-electron chi connectivity index (χ3n) is 4.66. The van der Waals surface area contributed by atoms with E-state index in [0.717, 1.165) is 18.8 Å². The van der Waals surface area contributed by atoms with Crippen molar-refractivity contribution in [1.82, 2.24) is 0 Å². The van der Waals surface area contributed by atoms with Crippen molar-refractivity contribution >= 4 is 0 Å².